The lowest BCUT2D eigenvalue weighted by Gasteiger charge is -2.17. The molecule has 0 amide bonds. The van der Waals surface area contributed by atoms with Crippen molar-refractivity contribution < 1.29 is 19.1 Å². The summed E-state index contributed by atoms with van der Waals surface area (Å²) < 4.78 is 13.1. The number of benzene rings is 1. The molecule has 0 aliphatic carbocycles. The van der Waals surface area contributed by atoms with Crippen molar-refractivity contribution in [1.29, 1.82) is 10.5 Å². The zero-order valence-electron chi connectivity index (χ0n) is 18.0. The fraction of sp³-hybridized carbons (Fsp3) is 0.364. The molecule has 32 heavy (non-hydrogen) atoms. The van der Waals surface area contributed by atoms with E-state index in [1.165, 1.54) is 47.0 Å². The van der Waals surface area contributed by atoms with Crippen LogP contribution in [0.25, 0.3) is 0 Å². The highest BCUT2D eigenvalue weighted by Crippen LogP contribution is 2.68. The molecular formula is C22H20N2O4S4. The largest absolute Gasteiger partial charge is 0.421 e. The standard InChI is InChI=1S/C22H20N2O4S4/c1-5-7-13(25)27-15-16(28-14(26)8-6-2)18-20(32-22(30-18)12(4)10-24)19-17(15)29-21(31-19)11(3)9-23/h5-8H2,1-4H3/b21-11-,22-12+. The molecular weight excluding hydrogens is 485 g/mol. The fourth-order valence-corrected chi connectivity index (χ4v) is 8.08. The van der Waals surface area contributed by atoms with Gasteiger partial charge in [0.2, 0.25) is 0 Å². The zero-order chi connectivity index (χ0) is 23.4. The van der Waals surface area contributed by atoms with E-state index in [1.54, 1.807) is 13.8 Å². The second-order valence-corrected chi connectivity index (χ2v) is 11.5. The first-order chi connectivity index (χ1) is 15.3. The number of carbonyl (C=O) groups is 2. The Balaban J connectivity index is 2.25. The summed E-state index contributed by atoms with van der Waals surface area (Å²) in [7, 11) is 0. The van der Waals surface area contributed by atoms with Crippen LogP contribution in [0.1, 0.15) is 53.4 Å². The van der Waals surface area contributed by atoms with E-state index in [4.69, 9.17) is 9.47 Å². The van der Waals surface area contributed by atoms with Crippen molar-refractivity contribution in [3.63, 3.8) is 0 Å². The lowest BCUT2D eigenvalue weighted by Crippen LogP contribution is -2.13. The molecule has 1 aromatic carbocycles. The van der Waals surface area contributed by atoms with E-state index in [9.17, 15) is 20.1 Å². The topological polar surface area (TPSA) is 100 Å². The molecule has 0 bridgehead atoms. The number of hydrogen-bond donors (Lipinski definition) is 0. The molecule has 10 heteroatoms. The van der Waals surface area contributed by atoms with Gasteiger partial charge in [0.15, 0.2) is 11.5 Å². The molecule has 2 heterocycles. The molecule has 0 unspecified atom stereocenters. The van der Waals surface area contributed by atoms with Gasteiger partial charge in [-0.1, -0.05) is 60.9 Å². The first-order valence-corrected chi connectivity index (χ1v) is 13.2. The van der Waals surface area contributed by atoms with E-state index < -0.39 is 11.9 Å². The highest BCUT2D eigenvalue weighted by atomic mass is 32.2. The van der Waals surface area contributed by atoms with Crippen LogP contribution >= 0.6 is 47.0 Å². The molecule has 0 spiro atoms. The maximum atomic E-state index is 12.5. The Morgan fingerprint density at radius 1 is 0.719 bits per heavy atom. The van der Waals surface area contributed by atoms with Gasteiger partial charge in [-0.15, -0.1) is 0 Å². The Hall–Kier alpha value is -1.98. The van der Waals surface area contributed by atoms with Gasteiger partial charge in [-0.05, 0) is 26.7 Å². The molecule has 0 radical (unpaired) electrons. The van der Waals surface area contributed by atoms with Crippen LogP contribution in [0.3, 0.4) is 0 Å². The lowest BCUT2D eigenvalue weighted by molar-refractivity contribution is -0.137. The van der Waals surface area contributed by atoms with Gasteiger partial charge >= 0.3 is 11.9 Å². The number of esters is 2. The van der Waals surface area contributed by atoms with Crippen LogP contribution < -0.4 is 9.47 Å². The summed E-state index contributed by atoms with van der Waals surface area (Å²) in [5.41, 5.74) is 1.11. The average molecular weight is 505 g/mol. The molecule has 0 saturated carbocycles. The molecule has 2 aliphatic rings. The minimum absolute atomic E-state index is 0.212. The number of fused-ring (bicyclic) bond motifs is 3. The predicted molar refractivity (Wildman–Crippen MR) is 128 cm³/mol. The first kappa shape index (κ1) is 24.7. The lowest BCUT2D eigenvalue weighted by atomic mass is 10.3. The average Bonchev–Trinajstić information content (AvgIpc) is 3.40. The summed E-state index contributed by atoms with van der Waals surface area (Å²) in [5.74, 6) is -0.406. The van der Waals surface area contributed by atoms with Gasteiger partial charge in [-0.2, -0.15) is 10.5 Å². The molecule has 0 N–H and O–H groups in total. The predicted octanol–water partition coefficient (Wildman–Crippen LogP) is 7.00. The summed E-state index contributed by atoms with van der Waals surface area (Å²) in [4.78, 5) is 27.9. The van der Waals surface area contributed by atoms with E-state index in [1.807, 2.05) is 13.8 Å². The van der Waals surface area contributed by atoms with Crippen molar-refractivity contribution in [2.45, 2.75) is 73.0 Å². The van der Waals surface area contributed by atoms with Crippen LogP contribution in [-0.2, 0) is 9.59 Å². The van der Waals surface area contributed by atoms with Crippen LogP contribution in [0, 0.1) is 22.7 Å². The highest BCUT2D eigenvalue weighted by molar-refractivity contribution is 8.26. The van der Waals surface area contributed by atoms with E-state index in [0.717, 1.165) is 18.3 Å². The number of ether oxygens (including phenoxy) is 2. The summed E-state index contributed by atoms with van der Waals surface area (Å²) in [6.07, 6.45) is 1.70. The Labute approximate surface area is 204 Å². The van der Waals surface area contributed by atoms with E-state index in [-0.39, 0.29) is 24.3 Å². The molecule has 0 aromatic heterocycles. The number of nitrogens with zero attached hydrogens (tertiary/aromatic N) is 2. The van der Waals surface area contributed by atoms with Gasteiger partial charge in [-0.25, -0.2) is 0 Å². The van der Waals surface area contributed by atoms with E-state index in [0.29, 0.717) is 33.8 Å². The molecule has 0 atom stereocenters. The number of hydrogen-bond acceptors (Lipinski definition) is 10. The van der Waals surface area contributed by atoms with Crippen LogP contribution in [-0.4, -0.2) is 11.9 Å². The number of rotatable bonds is 6. The molecule has 6 nitrogen and oxygen atoms in total. The van der Waals surface area contributed by atoms with Crippen LogP contribution in [0.2, 0.25) is 0 Å². The Bertz CT molecular complexity index is 1050. The maximum Gasteiger partial charge on any atom is 0.311 e. The summed E-state index contributed by atoms with van der Waals surface area (Å²) in [6.45, 7) is 7.23. The molecule has 0 fully saturated rings. The van der Waals surface area contributed by atoms with E-state index >= 15 is 0 Å². The normalized spacial score (nSPS) is 17.1. The minimum Gasteiger partial charge on any atom is -0.421 e. The Kier molecular flexibility index (Phi) is 8.29. The molecule has 3 rings (SSSR count). The van der Waals surface area contributed by atoms with Crippen molar-refractivity contribution >= 4 is 59.0 Å². The van der Waals surface area contributed by atoms with Gasteiger partial charge in [-0.3, -0.25) is 9.59 Å². The molecule has 1 aromatic rings. The van der Waals surface area contributed by atoms with Gasteiger partial charge in [0.05, 0.1) is 30.4 Å². The zero-order valence-corrected chi connectivity index (χ0v) is 21.3. The number of thioether (sulfide) groups is 4. The summed E-state index contributed by atoms with van der Waals surface area (Å²) in [6, 6.07) is 4.34. The molecule has 2 aliphatic heterocycles. The first-order valence-electron chi connectivity index (χ1n) is 9.93. The third kappa shape index (κ3) is 4.99. The van der Waals surface area contributed by atoms with Crippen LogP contribution in [0.15, 0.2) is 39.2 Å². The van der Waals surface area contributed by atoms with Crippen LogP contribution in [0.5, 0.6) is 11.5 Å². The third-order valence-corrected chi connectivity index (χ3v) is 10.1. The number of allylic oxidation sites excluding steroid dienone is 2. The van der Waals surface area contributed by atoms with Crippen molar-refractivity contribution in [3.8, 4) is 23.6 Å². The maximum absolute atomic E-state index is 12.5. The Morgan fingerprint density at radius 3 is 1.38 bits per heavy atom. The fourth-order valence-electron chi connectivity index (χ4n) is 2.72. The van der Waals surface area contributed by atoms with Crippen molar-refractivity contribution in [3.05, 3.63) is 19.6 Å². The van der Waals surface area contributed by atoms with Gasteiger partial charge in [0.25, 0.3) is 0 Å². The quantitative estimate of drug-likeness (QED) is 0.228. The van der Waals surface area contributed by atoms with Gasteiger partial charge in [0, 0.05) is 33.8 Å². The van der Waals surface area contributed by atoms with E-state index in [2.05, 4.69) is 12.1 Å². The third-order valence-electron chi connectivity index (χ3n) is 4.30. The monoisotopic (exact) mass is 504 g/mol. The van der Waals surface area contributed by atoms with Gasteiger partial charge in [0.1, 0.15) is 0 Å². The summed E-state index contributed by atoms with van der Waals surface area (Å²) in [5, 5.41) is 18.8. The van der Waals surface area contributed by atoms with Crippen molar-refractivity contribution in [1.82, 2.24) is 0 Å². The summed E-state index contributed by atoms with van der Waals surface area (Å²) >= 11 is 5.55. The smallest absolute Gasteiger partial charge is 0.311 e. The molecule has 166 valence electrons. The van der Waals surface area contributed by atoms with Crippen molar-refractivity contribution in [2.24, 2.45) is 0 Å². The number of nitriles is 2. The van der Waals surface area contributed by atoms with Crippen molar-refractivity contribution in [2.75, 3.05) is 0 Å². The second-order valence-electron chi connectivity index (χ2n) is 6.88. The number of carbonyl (C=O) groups excluding carboxylic acids is 2. The molecule has 0 saturated heterocycles. The minimum atomic E-state index is -0.415. The SMILES string of the molecule is CCCC(=O)Oc1c(OC(=O)CCC)c2c(c3c1S/C(=C(\C)C#N)S3)S/C(=C(\C)C#N)S2. The van der Waals surface area contributed by atoms with Gasteiger partial charge < -0.3 is 9.47 Å². The Morgan fingerprint density at radius 2 is 1.06 bits per heavy atom. The second kappa shape index (κ2) is 10.8. The van der Waals surface area contributed by atoms with Crippen LogP contribution in [0.4, 0.5) is 0 Å². The highest BCUT2D eigenvalue weighted by Gasteiger charge is 2.39.